The Morgan fingerprint density at radius 3 is 2.32 bits per heavy atom. The molecule has 1 aromatic heterocycles. The lowest BCUT2D eigenvalue weighted by Gasteiger charge is -2.11. The number of furan rings is 1. The van der Waals surface area contributed by atoms with Crippen molar-refractivity contribution in [1.82, 2.24) is 5.32 Å². The third-order valence-electron chi connectivity index (χ3n) is 3.87. The van der Waals surface area contributed by atoms with Crippen LogP contribution in [0.1, 0.15) is 40.3 Å². The highest BCUT2D eigenvalue weighted by Gasteiger charge is 2.11. The molecule has 28 heavy (non-hydrogen) atoms. The Balaban J connectivity index is 1.62. The molecule has 1 heterocycles. The van der Waals surface area contributed by atoms with Crippen molar-refractivity contribution >= 4 is 17.5 Å². The van der Waals surface area contributed by atoms with Crippen LogP contribution in [0.2, 0.25) is 0 Å². The minimum Gasteiger partial charge on any atom is -0.491 e. The first kappa shape index (κ1) is 19.2. The lowest BCUT2D eigenvalue weighted by atomic mass is 10.1. The summed E-state index contributed by atoms with van der Waals surface area (Å²) in [6, 6.07) is 17.2. The molecular formula is C22H22N2O4. The summed E-state index contributed by atoms with van der Waals surface area (Å²) in [4.78, 5) is 24.8. The third-order valence-corrected chi connectivity index (χ3v) is 3.87. The molecule has 0 aliphatic rings. The van der Waals surface area contributed by atoms with E-state index in [1.807, 2.05) is 13.8 Å². The summed E-state index contributed by atoms with van der Waals surface area (Å²) in [6.07, 6.45) is 1.63. The Hall–Kier alpha value is -3.54. The van der Waals surface area contributed by atoms with Crippen LogP contribution in [-0.2, 0) is 6.54 Å². The van der Waals surface area contributed by atoms with Crippen molar-refractivity contribution in [3.63, 3.8) is 0 Å². The van der Waals surface area contributed by atoms with E-state index in [9.17, 15) is 9.59 Å². The van der Waals surface area contributed by atoms with E-state index in [-0.39, 0.29) is 24.5 Å². The van der Waals surface area contributed by atoms with Gasteiger partial charge in [-0.2, -0.15) is 0 Å². The molecule has 2 amide bonds. The van der Waals surface area contributed by atoms with Crippen LogP contribution >= 0.6 is 0 Å². The second-order valence-corrected chi connectivity index (χ2v) is 6.49. The Morgan fingerprint density at radius 1 is 0.964 bits per heavy atom. The first-order chi connectivity index (χ1) is 13.5. The topological polar surface area (TPSA) is 80.6 Å². The van der Waals surface area contributed by atoms with Gasteiger partial charge in [-0.3, -0.25) is 9.59 Å². The molecule has 0 atom stereocenters. The predicted molar refractivity (Wildman–Crippen MR) is 106 cm³/mol. The average molecular weight is 378 g/mol. The van der Waals surface area contributed by atoms with Gasteiger partial charge < -0.3 is 19.8 Å². The van der Waals surface area contributed by atoms with Crippen molar-refractivity contribution in [3.05, 3.63) is 83.8 Å². The summed E-state index contributed by atoms with van der Waals surface area (Å²) < 4.78 is 10.8. The van der Waals surface area contributed by atoms with E-state index in [2.05, 4.69) is 10.6 Å². The average Bonchev–Trinajstić information content (AvgIpc) is 3.21. The van der Waals surface area contributed by atoms with Crippen LogP contribution in [0.3, 0.4) is 0 Å². The maximum atomic E-state index is 12.5. The number of rotatable bonds is 7. The largest absolute Gasteiger partial charge is 0.491 e. The molecule has 6 nitrogen and oxygen atoms in total. The van der Waals surface area contributed by atoms with E-state index < -0.39 is 0 Å². The van der Waals surface area contributed by atoms with Gasteiger partial charge in [-0.15, -0.1) is 0 Å². The third kappa shape index (κ3) is 5.23. The van der Waals surface area contributed by atoms with Gasteiger partial charge in [-0.1, -0.05) is 6.07 Å². The Labute approximate surface area is 163 Å². The van der Waals surface area contributed by atoms with Crippen LogP contribution in [-0.4, -0.2) is 17.9 Å². The molecule has 0 aliphatic heterocycles. The maximum absolute atomic E-state index is 12.5. The van der Waals surface area contributed by atoms with Gasteiger partial charge in [0.15, 0.2) is 0 Å². The number of ether oxygens (including phenoxy) is 1. The second kappa shape index (κ2) is 8.90. The molecule has 0 spiro atoms. The highest BCUT2D eigenvalue weighted by Crippen LogP contribution is 2.18. The van der Waals surface area contributed by atoms with Gasteiger partial charge in [0.05, 0.1) is 18.9 Å². The van der Waals surface area contributed by atoms with Crippen molar-refractivity contribution in [2.45, 2.75) is 26.5 Å². The van der Waals surface area contributed by atoms with E-state index in [1.165, 1.54) is 0 Å². The van der Waals surface area contributed by atoms with Crippen LogP contribution in [0.25, 0.3) is 0 Å². The molecular weight excluding hydrogens is 356 g/mol. The Morgan fingerprint density at radius 2 is 1.68 bits per heavy atom. The molecule has 0 radical (unpaired) electrons. The number of nitrogens with one attached hydrogen (secondary N) is 2. The molecule has 3 rings (SSSR count). The van der Waals surface area contributed by atoms with E-state index in [0.29, 0.717) is 22.6 Å². The van der Waals surface area contributed by atoms with Gasteiger partial charge in [-0.05, 0) is 68.4 Å². The summed E-state index contributed by atoms with van der Waals surface area (Å²) in [6.45, 7) is 4.19. The summed E-state index contributed by atoms with van der Waals surface area (Å²) in [5, 5.41) is 5.58. The van der Waals surface area contributed by atoms with Gasteiger partial charge in [-0.25, -0.2) is 0 Å². The van der Waals surface area contributed by atoms with Gasteiger partial charge in [0.25, 0.3) is 11.8 Å². The fourth-order valence-corrected chi connectivity index (χ4v) is 2.58. The zero-order chi connectivity index (χ0) is 19.9. The number of carbonyl (C=O) groups is 2. The summed E-state index contributed by atoms with van der Waals surface area (Å²) in [5.74, 6) is 0.829. The molecule has 3 aromatic rings. The Bertz CT molecular complexity index is 931. The standard InChI is InChI=1S/C22H22N2O4/c1-15(2)28-19-10-8-18(9-11-19)24-22(26)17-6-3-5-16(13-17)21(25)23-14-20-7-4-12-27-20/h3-13,15H,14H2,1-2H3,(H,23,25)(H,24,26). The molecule has 0 fully saturated rings. The minimum atomic E-state index is -0.293. The van der Waals surface area contributed by atoms with Crippen LogP contribution in [0, 0.1) is 0 Å². The quantitative estimate of drug-likeness (QED) is 0.644. The second-order valence-electron chi connectivity index (χ2n) is 6.49. The lowest BCUT2D eigenvalue weighted by Crippen LogP contribution is -2.23. The van der Waals surface area contributed by atoms with Crippen LogP contribution in [0.15, 0.2) is 71.3 Å². The summed E-state index contributed by atoms with van der Waals surface area (Å²) >= 11 is 0. The van der Waals surface area contributed by atoms with Crippen molar-refractivity contribution in [1.29, 1.82) is 0 Å². The van der Waals surface area contributed by atoms with Crippen LogP contribution in [0.4, 0.5) is 5.69 Å². The highest BCUT2D eigenvalue weighted by atomic mass is 16.5. The first-order valence-electron chi connectivity index (χ1n) is 9.00. The van der Waals surface area contributed by atoms with Crippen LogP contribution in [0.5, 0.6) is 5.75 Å². The van der Waals surface area contributed by atoms with E-state index >= 15 is 0 Å². The Kier molecular flexibility index (Phi) is 6.11. The molecule has 0 unspecified atom stereocenters. The smallest absolute Gasteiger partial charge is 0.255 e. The molecule has 0 bridgehead atoms. The van der Waals surface area contributed by atoms with Crippen LogP contribution < -0.4 is 15.4 Å². The van der Waals surface area contributed by atoms with Crippen molar-refractivity contribution in [3.8, 4) is 5.75 Å². The maximum Gasteiger partial charge on any atom is 0.255 e. The molecule has 0 aliphatic carbocycles. The highest BCUT2D eigenvalue weighted by molar-refractivity contribution is 6.06. The zero-order valence-electron chi connectivity index (χ0n) is 15.8. The van der Waals surface area contributed by atoms with Gasteiger partial charge in [0, 0.05) is 16.8 Å². The summed E-state index contributed by atoms with van der Waals surface area (Å²) in [7, 11) is 0. The zero-order valence-corrected chi connectivity index (χ0v) is 15.8. The summed E-state index contributed by atoms with van der Waals surface area (Å²) in [5.41, 5.74) is 1.45. The monoisotopic (exact) mass is 378 g/mol. The van der Waals surface area contributed by atoms with Gasteiger partial charge in [0.1, 0.15) is 11.5 Å². The van der Waals surface area contributed by atoms with Crippen molar-refractivity contribution in [2.75, 3.05) is 5.32 Å². The number of carbonyl (C=O) groups excluding carboxylic acids is 2. The molecule has 2 N–H and O–H groups in total. The first-order valence-corrected chi connectivity index (χ1v) is 9.00. The van der Waals surface area contributed by atoms with Crippen molar-refractivity contribution in [2.24, 2.45) is 0 Å². The van der Waals surface area contributed by atoms with Crippen molar-refractivity contribution < 1.29 is 18.7 Å². The normalized spacial score (nSPS) is 10.5. The SMILES string of the molecule is CC(C)Oc1ccc(NC(=O)c2cccc(C(=O)NCc3ccco3)c2)cc1. The molecule has 6 heteroatoms. The fourth-order valence-electron chi connectivity index (χ4n) is 2.58. The van der Waals surface area contributed by atoms with E-state index in [0.717, 1.165) is 5.75 Å². The number of anilines is 1. The van der Waals surface area contributed by atoms with Gasteiger partial charge >= 0.3 is 0 Å². The number of hydrogen-bond donors (Lipinski definition) is 2. The van der Waals surface area contributed by atoms with Gasteiger partial charge in [0.2, 0.25) is 0 Å². The number of amides is 2. The predicted octanol–water partition coefficient (Wildman–Crippen LogP) is 4.25. The molecule has 2 aromatic carbocycles. The van der Waals surface area contributed by atoms with E-state index in [4.69, 9.17) is 9.15 Å². The molecule has 0 saturated heterocycles. The van der Waals surface area contributed by atoms with E-state index in [1.54, 1.807) is 66.9 Å². The molecule has 144 valence electrons. The number of benzene rings is 2. The molecule has 0 saturated carbocycles. The fraction of sp³-hybridized carbons (Fsp3) is 0.182. The minimum absolute atomic E-state index is 0.0853. The number of hydrogen-bond acceptors (Lipinski definition) is 4. The lowest BCUT2D eigenvalue weighted by molar-refractivity contribution is 0.0948.